The standard InChI is InChI=1S/C14H14F3N3O/c15-14(16,17)6-5-12-19-13(21-20-12)11-7-9-3-1-2-4-10(9)8-18-11/h1-4,11,18H,5-8H2/t11-/m0/s1. The van der Waals surface area contributed by atoms with Gasteiger partial charge < -0.3 is 9.84 Å². The summed E-state index contributed by atoms with van der Waals surface area (Å²) in [5, 5.41) is 6.88. The first-order chi connectivity index (χ1) is 10.0. The smallest absolute Gasteiger partial charge is 0.338 e. The molecule has 21 heavy (non-hydrogen) atoms. The van der Waals surface area contributed by atoms with Crippen LogP contribution in [0.2, 0.25) is 0 Å². The molecule has 0 unspecified atom stereocenters. The highest BCUT2D eigenvalue weighted by Gasteiger charge is 2.29. The van der Waals surface area contributed by atoms with Gasteiger partial charge in [0.05, 0.1) is 12.5 Å². The van der Waals surface area contributed by atoms with Gasteiger partial charge in [0.2, 0.25) is 5.89 Å². The predicted octanol–water partition coefficient (Wildman–Crippen LogP) is 2.95. The van der Waals surface area contributed by atoms with Crippen LogP contribution in [-0.2, 0) is 19.4 Å². The molecule has 0 aliphatic carbocycles. The van der Waals surface area contributed by atoms with Crippen LogP contribution in [0.5, 0.6) is 0 Å². The maximum absolute atomic E-state index is 12.2. The first-order valence-electron chi connectivity index (χ1n) is 6.71. The van der Waals surface area contributed by atoms with Gasteiger partial charge in [-0.3, -0.25) is 0 Å². The zero-order chi connectivity index (χ0) is 14.9. The number of aryl methyl sites for hydroxylation is 1. The van der Waals surface area contributed by atoms with E-state index in [1.165, 1.54) is 11.1 Å². The lowest BCUT2D eigenvalue weighted by atomic mass is 9.96. The van der Waals surface area contributed by atoms with E-state index < -0.39 is 12.6 Å². The molecule has 1 atom stereocenters. The van der Waals surface area contributed by atoms with E-state index in [4.69, 9.17) is 4.52 Å². The molecule has 2 aromatic rings. The van der Waals surface area contributed by atoms with E-state index in [2.05, 4.69) is 15.5 Å². The van der Waals surface area contributed by atoms with Gasteiger partial charge in [0.1, 0.15) is 0 Å². The fraction of sp³-hybridized carbons (Fsp3) is 0.429. The maximum Gasteiger partial charge on any atom is 0.389 e. The van der Waals surface area contributed by atoms with Crippen molar-refractivity contribution in [3.8, 4) is 0 Å². The SMILES string of the molecule is FC(F)(F)CCc1noc([C@@H]2Cc3ccccc3CN2)n1. The molecule has 3 rings (SSSR count). The molecule has 1 aliphatic rings. The number of benzene rings is 1. The van der Waals surface area contributed by atoms with Crippen LogP contribution in [0, 0.1) is 0 Å². The molecule has 0 bridgehead atoms. The van der Waals surface area contributed by atoms with Gasteiger partial charge in [-0.2, -0.15) is 18.2 Å². The Morgan fingerprint density at radius 2 is 2.00 bits per heavy atom. The minimum atomic E-state index is -4.21. The van der Waals surface area contributed by atoms with Gasteiger partial charge in [-0.25, -0.2) is 0 Å². The topological polar surface area (TPSA) is 51.0 Å². The average molecular weight is 297 g/mol. The lowest BCUT2D eigenvalue weighted by molar-refractivity contribution is -0.134. The van der Waals surface area contributed by atoms with Crippen molar-refractivity contribution in [2.75, 3.05) is 0 Å². The lowest BCUT2D eigenvalue weighted by Gasteiger charge is -2.23. The molecule has 2 heterocycles. The van der Waals surface area contributed by atoms with Crippen LogP contribution < -0.4 is 5.32 Å². The molecule has 112 valence electrons. The quantitative estimate of drug-likeness (QED) is 0.946. The number of halogens is 3. The van der Waals surface area contributed by atoms with E-state index >= 15 is 0 Å². The zero-order valence-corrected chi connectivity index (χ0v) is 11.2. The molecule has 0 saturated carbocycles. The molecule has 4 nitrogen and oxygen atoms in total. The van der Waals surface area contributed by atoms with Crippen LogP contribution in [0.4, 0.5) is 13.2 Å². The second-order valence-electron chi connectivity index (χ2n) is 5.07. The van der Waals surface area contributed by atoms with E-state index in [9.17, 15) is 13.2 Å². The van der Waals surface area contributed by atoms with E-state index in [0.29, 0.717) is 18.9 Å². The Balaban J connectivity index is 1.67. The summed E-state index contributed by atoms with van der Waals surface area (Å²) in [7, 11) is 0. The number of fused-ring (bicyclic) bond motifs is 1. The van der Waals surface area contributed by atoms with Crippen LogP contribution in [0.3, 0.4) is 0 Å². The predicted molar refractivity (Wildman–Crippen MR) is 68.4 cm³/mol. The number of hydrogen-bond donors (Lipinski definition) is 1. The van der Waals surface area contributed by atoms with Crippen LogP contribution in [0.1, 0.15) is 35.3 Å². The third-order valence-corrected chi connectivity index (χ3v) is 3.50. The maximum atomic E-state index is 12.2. The van der Waals surface area contributed by atoms with Crippen LogP contribution in [-0.4, -0.2) is 16.3 Å². The summed E-state index contributed by atoms with van der Waals surface area (Å²) in [6.45, 7) is 0.682. The summed E-state index contributed by atoms with van der Waals surface area (Å²) in [6, 6.07) is 7.87. The number of alkyl halides is 3. The fourth-order valence-electron chi connectivity index (χ4n) is 2.39. The first-order valence-corrected chi connectivity index (χ1v) is 6.71. The van der Waals surface area contributed by atoms with Crippen molar-refractivity contribution in [3.05, 3.63) is 47.1 Å². The van der Waals surface area contributed by atoms with Crippen molar-refractivity contribution < 1.29 is 17.7 Å². The third kappa shape index (κ3) is 3.41. The van der Waals surface area contributed by atoms with Gasteiger partial charge in [0.25, 0.3) is 0 Å². The van der Waals surface area contributed by atoms with Crippen molar-refractivity contribution in [1.29, 1.82) is 0 Å². The second kappa shape index (κ2) is 5.48. The largest absolute Gasteiger partial charge is 0.389 e. The molecule has 0 saturated heterocycles. The van der Waals surface area contributed by atoms with E-state index in [0.717, 1.165) is 0 Å². The number of nitrogens with one attached hydrogen (secondary N) is 1. The van der Waals surface area contributed by atoms with Gasteiger partial charge >= 0.3 is 6.18 Å². The Kier molecular flexibility index (Phi) is 3.67. The van der Waals surface area contributed by atoms with Crippen LogP contribution in [0.25, 0.3) is 0 Å². The summed E-state index contributed by atoms with van der Waals surface area (Å²) in [4.78, 5) is 4.07. The number of hydrogen-bond acceptors (Lipinski definition) is 4. The lowest BCUT2D eigenvalue weighted by Crippen LogP contribution is -2.28. The normalized spacial score (nSPS) is 18.5. The highest BCUT2D eigenvalue weighted by Crippen LogP contribution is 2.26. The van der Waals surface area contributed by atoms with E-state index in [-0.39, 0.29) is 18.3 Å². The summed E-state index contributed by atoms with van der Waals surface area (Å²) < 4.78 is 41.6. The van der Waals surface area contributed by atoms with Gasteiger partial charge in [-0.05, 0) is 17.5 Å². The van der Waals surface area contributed by atoms with Crippen molar-refractivity contribution in [3.63, 3.8) is 0 Å². The Morgan fingerprint density at radius 3 is 2.76 bits per heavy atom. The van der Waals surface area contributed by atoms with Crippen LogP contribution >= 0.6 is 0 Å². The Morgan fingerprint density at radius 1 is 1.24 bits per heavy atom. The van der Waals surface area contributed by atoms with Gasteiger partial charge in [0.15, 0.2) is 5.82 Å². The third-order valence-electron chi connectivity index (χ3n) is 3.50. The van der Waals surface area contributed by atoms with Crippen LogP contribution in [0.15, 0.2) is 28.8 Å². The molecule has 7 heteroatoms. The number of aromatic nitrogens is 2. The van der Waals surface area contributed by atoms with E-state index in [1.807, 2.05) is 24.3 Å². The molecular weight excluding hydrogens is 283 g/mol. The van der Waals surface area contributed by atoms with E-state index in [1.54, 1.807) is 0 Å². The van der Waals surface area contributed by atoms with Crippen molar-refractivity contribution in [2.24, 2.45) is 0 Å². The molecule has 1 aromatic heterocycles. The highest BCUT2D eigenvalue weighted by molar-refractivity contribution is 5.30. The average Bonchev–Trinajstić information content (AvgIpc) is 2.93. The van der Waals surface area contributed by atoms with Gasteiger partial charge in [-0.1, -0.05) is 29.4 Å². The molecule has 0 spiro atoms. The summed E-state index contributed by atoms with van der Waals surface area (Å²) in [6.07, 6.45) is -4.71. The molecule has 1 N–H and O–H groups in total. The molecule has 0 amide bonds. The van der Waals surface area contributed by atoms with Gasteiger partial charge in [0, 0.05) is 13.0 Å². The summed E-state index contributed by atoms with van der Waals surface area (Å²) >= 11 is 0. The van der Waals surface area contributed by atoms with Crippen molar-refractivity contribution in [2.45, 2.75) is 38.0 Å². The fourth-order valence-corrected chi connectivity index (χ4v) is 2.39. The summed E-state index contributed by atoms with van der Waals surface area (Å²) in [5.41, 5.74) is 2.40. The summed E-state index contributed by atoms with van der Waals surface area (Å²) in [5.74, 6) is 0.449. The number of nitrogens with zero attached hydrogens (tertiary/aromatic N) is 2. The molecule has 1 aliphatic heterocycles. The Hall–Kier alpha value is -1.89. The zero-order valence-electron chi connectivity index (χ0n) is 11.2. The Labute approximate surface area is 119 Å². The molecule has 1 aromatic carbocycles. The van der Waals surface area contributed by atoms with Gasteiger partial charge in [-0.15, -0.1) is 0 Å². The Bertz CT molecular complexity index is 624. The van der Waals surface area contributed by atoms with Crippen molar-refractivity contribution in [1.82, 2.24) is 15.5 Å². The number of rotatable bonds is 3. The molecule has 0 fully saturated rings. The minimum absolute atomic E-state index is 0.1000. The molecule has 0 radical (unpaired) electrons. The van der Waals surface area contributed by atoms with Crippen molar-refractivity contribution >= 4 is 0 Å². The monoisotopic (exact) mass is 297 g/mol. The first kappa shape index (κ1) is 14.1. The minimum Gasteiger partial charge on any atom is -0.338 e. The highest BCUT2D eigenvalue weighted by atomic mass is 19.4. The molecular formula is C14H14F3N3O. The second-order valence-corrected chi connectivity index (χ2v) is 5.07.